The molecule has 0 unspecified atom stereocenters. The maximum absolute atomic E-state index is 12.6. The van der Waals surface area contributed by atoms with Crippen LogP contribution in [0.5, 0.6) is 11.5 Å². The van der Waals surface area contributed by atoms with Crippen LogP contribution in [0.4, 0.5) is 5.69 Å². The minimum atomic E-state index is -0.161. The van der Waals surface area contributed by atoms with Crippen molar-refractivity contribution < 1.29 is 23.9 Å². The van der Waals surface area contributed by atoms with Crippen molar-refractivity contribution in [3.05, 3.63) is 47.8 Å². The van der Waals surface area contributed by atoms with Crippen molar-refractivity contribution in [3.63, 3.8) is 0 Å². The number of fused-ring (bicyclic) bond motifs is 1. The summed E-state index contributed by atoms with van der Waals surface area (Å²) in [6, 6.07) is 6.65. The monoisotopic (exact) mass is 409 g/mol. The van der Waals surface area contributed by atoms with E-state index in [1.54, 1.807) is 36.7 Å². The molecular formula is C22H23N3O5. The van der Waals surface area contributed by atoms with Gasteiger partial charge in [-0.2, -0.15) is 0 Å². The first-order valence-electron chi connectivity index (χ1n) is 9.95. The highest BCUT2D eigenvalue weighted by molar-refractivity contribution is 6.04. The van der Waals surface area contributed by atoms with E-state index in [9.17, 15) is 14.4 Å². The number of carbonyl (C=O) groups excluding carboxylic acids is 3. The van der Waals surface area contributed by atoms with Gasteiger partial charge < -0.3 is 19.7 Å². The average molecular weight is 409 g/mol. The van der Waals surface area contributed by atoms with Gasteiger partial charge in [-0.25, -0.2) is 0 Å². The lowest BCUT2D eigenvalue weighted by Gasteiger charge is -2.31. The van der Waals surface area contributed by atoms with Gasteiger partial charge in [-0.3, -0.25) is 19.4 Å². The van der Waals surface area contributed by atoms with Crippen LogP contribution in [0, 0.1) is 5.92 Å². The van der Waals surface area contributed by atoms with E-state index in [-0.39, 0.29) is 30.3 Å². The standard InChI is InChI=1S/C22H23N3O5/c1-14(26)17-11-19-20(30-13-29-19)12-18(17)24-21(27)10-15-4-8-25(9-5-15)22(28)16-2-6-23-7-3-16/h2-3,6-7,11-12,15H,4-5,8-10,13H2,1H3,(H,24,27). The van der Waals surface area contributed by atoms with Gasteiger partial charge in [-0.15, -0.1) is 0 Å². The molecule has 3 heterocycles. The number of piperidine rings is 1. The van der Waals surface area contributed by atoms with E-state index in [1.165, 1.54) is 6.92 Å². The zero-order chi connectivity index (χ0) is 21.1. The summed E-state index contributed by atoms with van der Waals surface area (Å²) < 4.78 is 10.7. The molecule has 30 heavy (non-hydrogen) atoms. The van der Waals surface area contributed by atoms with Gasteiger partial charge in [0.15, 0.2) is 17.3 Å². The van der Waals surface area contributed by atoms with Crippen LogP contribution in [0.3, 0.4) is 0 Å². The van der Waals surface area contributed by atoms with Crippen molar-refractivity contribution in [1.82, 2.24) is 9.88 Å². The second-order valence-corrected chi connectivity index (χ2v) is 7.53. The van der Waals surface area contributed by atoms with Gasteiger partial charge in [0.2, 0.25) is 12.7 Å². The Balaban J connectivity index is 1.34. The molecule has 0 bridgehead atoms. The molecule has 156 valence electrons. The fourth-order valence-electron chi connectivity index (χ4n) is 3.82. The number of benzene rings is 1. The van der Waals surface area contributed by atoms with E-state index in [0.717, 1.165) is 12.8 Å². The van der Waals surface area contributed by atoms with Crippen molar-refractivity contribution in [3.8, 4) is 11.5 Å². The number of carbonyl (C=O) groups is 3. The maximum atomic E-state index is 12.6. The summed E-state index contributed by atoms with van der Waals surface area (Å²) in [6.45, 7) is 2.77. The number of pyridine rings is 1. The molecule has 1 saturated heterocycles. The lowest BCUT2D eigenvalue weighted by atomic mass is 9.92. The highest BCUT2D eigenvalue weighted by atomic mass is 16.7. The van der Waals surface area contributed by atoms with Crippen LogP contribution >= 0.6 is 0 Å². The Morgan fingerprint density at radius 1 is 1.10 bits per heavy atom. The van der Waals surface area contributed by atoms with Crippen LogP contribution in [0.25, 0.3) is 0 Å². The predicted molar refractivity (Wildman–Crippen MR) is 109 cm³/mol. The molecule has 0 atom stereocenters. The van der Waals surface area contributed by atoms with Gasteiger partial charge in [0.25, 0.3) is 5.91 Å². The highest BCUT2D eigenvalue weighted by Crippen LogP contribution is 2.37. The molecule has 0 aliphatic carbocycles. The first kappa shape index (κ1) is 19.9. The number of ether oxygens (including phenoxy) is 2. The minimum absolute atomic E-state index is 0.00763. The first-order valence-corrected chi connectivity index (χ1v) is 9.95. The SMILES string of the molecule is CC(=O)c1cc2c(cc1NC(=O)CC1CCN(C(=O)c3ccncc3)CC1)OCO2. The summed E-state index contributed by atoms with van der Waals surface area (Å²) in [6.07, 6.45) is 5.06. The van der Waals surface area contributed by atoms with Crippen molar-refractivity contribution in [1.29, 1.82) is 0 Å². The smallest absolute Gasteiger partial charge is 0.253 e. The van der Waals surface area contributed by atoms with Crippen molar-refractivity contribution in [2.24, 2.45) is 5.92 Å². The molecule has 1 N–H and O–H groups in total. The third-order valence-electron chi connectivity index (χ3n) is 5.47. The Morgan fingerprint density at radius 2 is 1.77 bits per heavy atom. The lowest BCUT2D eigenvalue weighted by Crippen LogP contribution is -2.39. The topological polar surface area (TPSA) is 97.8 Å². The van der Waals surface area contributed by atoms with E-state index in [4.69, 9.17) is 9.47 Å². The highest BCUT2D eigenvalue weighted by Gasteiger charge is 2.26. The summed E-state index contributed by atoms with van der Waals surface area (Å²) >= 11 is 0. The number of nitrogens with zero attached hydrogens (tertiary/aromatic N) is 2. The van der Waals surface area contributed by atoms with Gasteiger partial charge in [-0.05, 0) is 43.9 Å². The number of hydrogen-bond donors (Lipinski definition) is 1. The molecule has 2 aromatic rings. The second kappa shape index (κ2) is 8.52. The van der Waals surface area contributed by atoms with Gasteiger partial charge in [0, 0.05) is 49.1 Å². The van der Waals surface area contributed by atoms with E-state index >= 15 is 0 Å². The molecule has 8 heteroatoms. The van der Waals surface area contributed by atoms with Crippen molar-refractivity contribution in [2.45, 2.75) is 26.2 Å². The molecule has 1 fully saturated rings. The van der Waals surface area contributed by atoms with E-state index in [2.05, 4.69) is 10.3 Å². The number of Topliss-reactive ketones (excluding diaryl/α,β-unsaturated/α-hetero) is 1. The van der Waals surface area contributed by atoms with Crippen LogP contribution in [-0.2, 0) is 4.79 Å². The number of anilines is 1. The first-order chi connectivity index (χ1) is 14.5. The quantitative estimate of drug-likeness (QED) is 0.763. The number of ketones is 1. The molecule has 2 aliphatic heterocycles. The number of hydrogen-bond acceptors (Lipinski definition) is 6. The number of nitrogens with one attached hydrogen (secondary N) is 1. The normalized spacial score (nSPS) is 15.7. The van der Waals surface area contributed by atoms with Gasteiger partial charge in [0.05, 0.1) is 5.69 Å². The van der Waals surface area contributed by atoms with Crippen molar-refractivity contribution in [2.75, 3.05) is 25.2 Å². The summed E-state index contributed by atoms with van der Waals surface area (Å²) in [5.74, 6) is 0.873. The minimum Gasteiger partial charge on any atom is -0.454 e. The third kappa shape index (κ3) is 4.27. The van der Waals surface area contributed by atoms with Gasteiger partial charge in [0.1, 0.15) is 0 Å². The Kier molecular flexibility index (Phi) is 5.65. The number of aromatic nitrogens is 1. The molecule has 4 rings (SSSR count). The molecule has 2 amide bonds. The molecule has 0 radical (unpaired) electrons. The maximum Gasteiger partial charge on any atom is 0.253 e. The molecule has 8 nitrogen and oxygen atoms in total. The number of rotatable bonds is 5. The van der Waals surface area contributed by atoms with E-state index in [0.29, 0.717) is 47.8 Å². The molecule has 0 spiro atoms. The van der Waals surface area contributed by atoms with E-state index < -0.39 is 0 Å². The van der Waals surface area contributed by atoms with E-state index in [1.807, 2.05) is 4.90 Å². The molecular weight excluding hydrogens is 386 g/mol. The number of likely N-dealkylation sites (tertiary alicyclic amines) is 1. The Hall–Kier alpha value is -3.42. The Labute approximate surface area is 174 Å². The summed E-state index contributed by atoms with van der Waals surface area (Å²) in [5, 5.41) is 2.85. The van der Waals surface area contributed by atoms with Crippen LogP contribution < -0.4 is 14.8 Å². The average Bonchev–Trinajstić information content (AvgIpc) is 3.21. The predicted octanol–water partition coefficient (Wildman–Crippen LogP) is 2.89. The third-order valence-corrected chi connectivity index (χ3v) is 5.47. The molecule has 2 aliphatic rings. The fraction of sp³-hybridized carbons (Fsp3) is 0.364. The second-order valence-electron chi connectivity index (χ2n) is 7.53. The van der Waals surface area contributed by atoms with Crippen LogP contribution in [0.2, 0.25) is 0 Å². The van der Waals surface area contributed by atoms with Crippen LogP contribution in [0.1, 0.15) is 46.9 Å². The Bertz CT molecular complexity index is 968. The van der Waals surface area contributed by atoms with Gasteiger partial charge in [-0.1, -0.05) is 0 Å². The molecule has 1 aromatic carbocycles. The Morgan fingerprint density at radius 3 is 2.43 bits per heavy atom. The summed E-state index contributed by atoms with van der Waals surface area (Å²) in [4.78, 5) is 42.9. The summed E-state index contributed by atoms with van der Waals surface area (Å²) in [7, 11) is 0. The zero-order valence-corrected chi connectivity index (χ0v) is 16.7. The van der Waals surface area contributed by atoms with Gasteiger partial charge >= 0.3 is 0 Å². The summed E-state index contributed by atoms with van der Waals surface area (Å²) in [5.41, 5.74) is 1.45. The number of amides is 2. The van der Waals surface area contributed by atoms with Crippen LogP contribution in [-0.4, -0.2) is 47.4 Å². The largest absolute Gasteiger partial charge is 0.454 e. The molecule has 1 aromatic heterocycles. The lowest BCUT2D eigenvalue weighted by molar-refractivity contribution is -0.117. The fourth-order valence-corrected chi connectivity index (χ4v) is 3.82. The molecule has 0 saturated carbocycles. The van der Waals surface area contributed by atoms with Crippen LogP contribution in [0.15, 0.2) is 36.7 Å². The van der Waals surface area contributed by atoms with Crippen molar-refractivity contribution >= 4 is 23.3 Å². The zero-order valence-electron chi connectivity index (χ0n) is 16.7.